The molecule has 84 valence electrons. The van der Waals surface area contributed by atoms with Crippen LogP contribution in [-0.2, 0) is 0 Å². The molecule has 0 radical (unpaired) electrons. The first-order valence-electron chi connectivity index (χ1n) is 5.32. The molecule has 1 aromatic rings. The van der Waals surface area contributed by atoms with Crippen LogP contribution in [0.4, 0.5) is 5.82 Å². The van der Waals surface area contributed by atoms with Gasteiger partial charge in [0.05, 0.1) is 12.3 Å². The van der Waals surface area contributed by atoms with E-state index in [1.54, 1.807) is 0 Å². The lowest BCUT2D eigenvalue weighted by Gasteiger charge is -2.12. The minimum Gasteiger partial charge on any atom is -0.473 e. The lowest BCUT2D eigenvalue weighted by Crippen LogP contribution is -2.16. The molecule has 1 aromatic heterocycles. The molecule has 0 aromatic carbocycles. The SMILES string of the molecule is N#CB1CCC(Oc2nc(N)cnc2C#N)C1. The molecule has 1 unspecified atom stereocenters. The van der Waals surface area contributed by atoms with E-state index >= 15 is 0 Å². The maximum Gasteiger partial charge on any atom is 0.271 e. The predicted molar refractivity (Wildman–Crippen MR) is 61.2 cm³/mol. The normalized spacial score (nSPS) is 18.5. The number of hydrogen-bond acceptors (Lipinski definition) is 6. The van der Waals surface area contributed by atoms with Gasteiger partial charge in [0.1, 0.15) is 11.9 Å². The molecule has 1 aliphatic heterocycles. The van der Waals surface area contributed by atoms with Gasteiger partial charge in [-0.1, -0.05) is 6.32 Å². The second kappa shape index (κ2) is 4.71. The molecule has 0 aliphatic carbocycles. The number of nitrogens with two attached hydrogens (primary N) is 1. The molecule has 1 aliphatic rings. The third kappa shape index (κ3) is 2.45. The maximum absolute atomic E-state index is 8.86. The highest BCUT2D eigenvalue weighted by atomic mass is 16.5. The van der Waals surface area contributed by atoms with Gasteiger partial charge in [0.25, 0.3) is 12.6 Å². The van der Waals surface area contributed by atoms with E-state index in [1.165, 1.54) is 6.20 Å². The van der Waals surface area contributed by atoms with Crippen LogP contribution in [0.5, 0.6) is 5.88 Å². The van der Waals surface area contributed by atoms with Crippen LogP contribution in [0.3, 0.4) is 0 Å². The molecule has 1 atom stereocenters. The number of anilines is 1. The fourth-order valence-electron chi connectivity index (χ4n) is 1.87. The highest BCUT2D eigenvalue weighted by Gasteiger charge is 2.30. The third-order valence-corrected chi connectivity index (χ3v) is 2.71. The van der Waals surface area contributed by atoms with Crippen LogP contribution in [-0.4, -0.2) is 22.8 Å². The van der Waals surface area contributed by atoms with Gasteiger partial charge in [-0.3, -0.25) is 0 Å². The van der Waals surface area contributed by atoms with Crippen molar-refractivity contribution < 1.29 is 4.74 Å². The molecule has 6 nitrogen and oxygen atoms in total. The molecular weight excluding hydrogens is 217 g/mol. The van der Waals surface area contributed by atoms with Crippen molar-refractivity contribution >= 4 is 12.5 Å². The molecule has 0 bridgehead atoms. The van der Waals surface area contributed by atoms with Crippen LogP contribution in [0, 0.1) is 22.6 Å². The lowest BCUT2D eigenvalue weighted by atomic mass is 9.50. The van der Waals surface area contributed by atoms with Gasteiger partial charge in [0.2, 0.25) is 5.69 Å². The molecule has 1 saturated heterocycles. The molecule has 7 heteroatoms. The van der Waals surface area contributed by atoms with Gasteiger partial charge in [-0.25, -0.2) is 10.2 Å². The van der Waals surface area contributed by atoms with Crippen LogP contribution in [0.15, 0.2) is 6.20 Å². The summed E-state index contributed by atoms with van der Waals surface area (Å²) in [5, 5.41) is 17.6. The summed E-state index contributed by atoms with van der Waals surface area (Å²) in [6.45, 7) is 0.0274. The summed E-state index contributed by atoms with van der Waals surface area (Å²) >= 11 is 0. The highest BCUT2D eigenvalue weighted by Crippen LogP contribution is 2.25. The summed E-state index contributed by atoms with van der Waals surface area (Å²) < 4.78 is 5.58. The van der Waals surface area contributed by atoms with E-state index in [4.69, 9.17) is 21.0 Å². The van der Waals surface area contributed by atoms with Crippen LogP contribution < -0.4 is 10.5 Å². The van der Waals surface area contributed by atoms with Crippen LogP contribution in [0.25, 0.3) is 0 Å². The van der Waals surface area contributed by atoms with Crippen LogP contribution in [0.2, 0.25) is 12.6 Å². The minimum absolute atomic E-state index is 0.0274. The van der Waals surface area contributed by atoms with Crippen molar-refractivity contribution in [2.75, 3.05) is 5.73 Å². The number of ether oxygens (including phenoxy) is 1. The summed E-state index contributed by atoms with van der Waals surface area (Å²) in [6, 6.07) is 1.90. The molecule has 0 amide bonds. The van der Waals surface area contributed by atoms with Gasteiger partial charge >= 0.3 is 0 Å². The molecule has 2 rings (SSSR count). The molecule has 1 fully saturated rings. The molecule has 2 heterocycles. The summed E-state index contributed by atoms with van der Waals surface area (Å²) in [5.41, 5.74) is 5.62. The van der Waals surface area contributed by atoms with Gasteiger partial charge in [-0.15, -0.1) is 0 Å². The topological polar surface area (TPSA) is 109 Å². The predicted octanol–water partition coefficient (Wildman–Crippen LogP) is 0.639. The number of nitrogen functional groups attached to an aromatic ring is 1. The zero-order chi connectivity index (χ0) is 12.3. The third-order valence-electron chi connectivity index (χ3n) is 2.71. The highest BCUT2D eigenvalue weighted by molar-refractivity contribution is 6.67. The van der Waals surface area contributed by atoms with Gasteiger partial charge in [0, 0.05) is 5.97 Å². The average molecular weight is 227 g/mol. The Labute approximate surface area is 99.1 Å². The molecule has 17 heavy (non-hydrogen) atoms. The summed E-state index contributed by atoms with van der Waals surface area (Å²) in [6.07, 6.45) is 3.51. The standard InChI is InChI=1S/C10H10BN5O/c12-4-8-10(16-9(14)5-15-8)17-7-1-2-11(3-7)6-13/h5,7H,1-3H2,(H2,14,16). The van der Waals surface area contributed by atoms with Gasteiger partial charge in [-0.05, 0) is 12.7 Å². The van der Waals surface area contributed by atoms with Crippen molar-refractivity contribution in [1.82, 2.24) is 9.97 Å². The van der Waals surface area contributed by atoms with E-state index < -0.39 is 0 Å². The minimum atomic E-state index is -0.0807. The second-order valence-electron chi connectivity index (χ2n) is 3.94. The number of aromatic nitrogens is 2. The Morgan fingerprint density at radius 2 is 2.35 bits per heavy atom. The smallest absolute Gasteiger partial charge is 0.271 e. The van der Waals surface area contributed by atoms with Gasteiger partial charge in [-0.2, -0.15) is 10.2 Å². The Morgan fingerprint density at radius 3 is 3.00 bits per heavy atom. The van der Waals surface area contributed by atoms with Gasteiger partial charge < -0.3 is 10.5 Å². The number of nitrogens with zero attached hydrogens (tertiary/aromatic N) is 4. The van der Waals surface area contributed by atoms with Crippen molar-refractivity contribution in [1.29, 1.82) is 10.5 Å². The van der Waals surface area contributed by atoms with E-state index in [2.05, 4.69) is 15.9 Å². The first kappa shape index (κ1) is 11.2. The molecule has 0 saturated carbocycles. The summed E-state index contributed by atoms with van der Waals surface area (Å²) in [5.74, 6) is 2.59. The summed E-state index contributed by atoms with van der Waals surface area (Å²) in [7, 11) is 0. The second-order valence-corrected chi connectivity index (χ2v) is 3.94. The average Bonchev–Trinajstić information content (AvgIpc) is 2.77. The molecule has 0 spiro atoms. The number of rotatable bonds is 2. The fourth-order valence-corrected chi connectivity index (χ4v) is 1.87. The Balaban J connectivity index is 2.12. The van der Waals surface area contributed by atoms with Crippen molar-refractivity contribution in [3.8, 4) is 17.9 Å². The number of hydrogen-bond donors (Lipinski definition) is 1. The lowest BCUT2D eigenvalue weighted by molar-refractivity contribution is 0.215. The first-order chi connectivity index (χ1) is 8.22. The Kier molecular flexibility index (Phi) is 3.11. The van der Waals surface area contributed by atoms with E-state index in [0.29, 0.717) is 6.32 Å². The Bertz CT molecular complexity index is 506. The van der Waals surface area contributed by atoms with E-state index in [-0.39, 0.29) is 30.2 Å². The Hall–Kier alpha value is -2.28. The van der Waals surface area contributed by atoms with Crippen molar-refractivity contribution in [3.05, 3.63) is 11.9 Å². The number of nitriles is 2. The van der Waals surface area contributed by atoms with Crippen molar-refractivity contribution in [3.63, 3.8) is 0 Å². The zero-order valence-electron chi connectivity index (χ0n) is 9.13. The monoisotopic (exact) mass is 227 g/mol. The Morgan fingerprint density at radius 1 is 1.53 bits per heavy atom. The maximum atomic E-state index is 8.86. The molecule has 2 N–H and O–H groups in total. The van der Waals surface area contributed by atoms with Crippen molar-refractivity contribution in [2.24, 2.45) is 0 Å². The van der Waals surface area contributed by atoms with E-state index in [9.17, 15) is 0 Å². The van der Waals surface area contributed by atoms with Crippen molar-refractivity contribution in [2.45, 2.75) is 25.2 Å². The van der Waals surface area contributed by atoms with Gasteiger partial charge in [0.15, 0.2) is 0 Å². The van der Waals surface area contributed by atoms with Crippen LogP contribution >= 0.6 is 0 Å². The zero-order valence-corrected chi connectivity index (χ0v) is 9.13. The summed E-state index contributed by atoms with van der Waals surface area (Å²) in [4.78, 5) is 7.79. The quantitative estimate of drug-likeness (QED) is 0.742. The fraction of sp³-hybridized carbons (Fsp3) is 0.400. The first-order valence-corrected chi connectivity index (χ1v) is 5.32. The molecular formula is C10H10BN5O. The largest absolute Gasteiger partial charge is 0.473 e. The van der Waals surface area contributed by atoms with E-state index in [0.717, 1.165) is 12.7 Å². The van der Waals surface area contributed by atoms with E-state index in [1.807, 2.05) is 6.07 Å². The van der Waals surface area contributed by atoms with Crippen LogP contribution in [0.1, 0.15) is 12.1 Å².